The summed E-state index contributed by atoms with van der Waals surface area (Å²) < 4.78 is 19.9. The highest BCUT2D eigenvalue weighted by Gasteiger charge is 2.13. The lowest BCUT2D eigenvalue weighted by Crippen LogP contribution is -2.08. The second-order valence-electron chi connectivity index (χ2n) is 3.72. The van der Waals surface area contributed by atoms with Crippen molar-refractivity contribution in [2.75, 3.05) is 13.7 Å². The molecule has 0 saturated carbocycles. The molecule has 0 unspecified atom stereocenters. The van der Waals surface area contributed by atoms with Crippen LogP contribution in [0.1, 0.15) is 12.2 Å². The zero-order chi connectivity index (χ0) is 13.0. The fourth-order valence-electron chi connectivity index (χ4n) is 1.64. The minimum absolute atomic E-state index is 0.369. The third-order valence-electron chi connectivity index (χ3n) is 2.51. The molecule has 0 aliphatic heterocycles. The van der Waals surface area contributed by atoms with Gasteiger partial charge in [-0.1, -0.05) is 0 Å². The van der Waals surface area contributed by atoms with Crippen LogP contribution < -0.4 is 10.5 Å². The lowest BCUT2D eigenvalue weighted by Gasteiger charge is -2.09. The van der Waals surface area contributed by atoms with Gasteiger partial charge in [0.2, 0.25) is 0 Å². The summed E-state index contributed by atoms with van der Waals surface area (Å²) in [7, 11) is 1.51. The summed E-state index contributed by atoms with van der Waals surface area (Å²) in [5.74, 6) is 0.771. The van der Waals surface area contributed by atoms with Gasteiger partial charge in [-0.25, -0.2) is 4.39 Å². The molecule has 1 aromatic carbocycles. The third kappa shape index (κ3) is 2.45. The van der Waals surface area contributed by atoms with Crippen LogP contribution in [0.5, 0.6) is 5.75 Å². The zero-order valence-corrected chi connectivity index (χ0v) is 10.0. The van der Waals surface area contributed by atoms with E-state index in [4.69, 9.17) is 10.5 Å². The van der Waals surface area contributed by atoms with E-state index in [1.807, 2.05) is 0 Å². The lowest BCUT2D eigenvalue weighted by molar-refractivity contribution is 0.409. The maximum absolute atomic E-state index is 13.3. The number of hydrogen-bond donors (Lipinski definition) is 1. The third-order valence-corrected chi connectivity index (χ3v) is 2.51. The molecule has 1 heterocycles. The fraction of sp³-hybridized carbons (Fsp3) is 0.364. The van der Waals surface area contributed by atoms with Gasteiger partial charge in [0.25, 0.3) is 0 Å². The zero-order valence-electron chi connectivity index (χ0n) is 10.0. The monoisotopic (exact) mass is 251 g/mol. The molecule has 18 heavy (non-hydrogen) atoms. The number of hydrogen-bond acceptors (Lipinski definition) is 5. The summed E-state index contributed by atoms with van der Waals surface area (Å²) in [5.41, 5.74) is 5.93. The molecule has 0 aliphatic rings. The molecule has 0 aliphatic carbocycles. The second kappa shape index (κ2) is 5.54. The van der Waals surface area contributed by atoms with Gasteiger partial charge >= 0.3 is 0 Å². The number of rotatable bonds is 5. The van der Waals surface area contributed by atoms with Crippen molar-refractivity contribution in [3.63, 3.8) is 0 Å². The van der Waals surface area contributed by atoms with E-state index in [-0.39, 0.29) is 5.82 Å². The summed E-state index contributed by atoms with van der Waals surface area (Å²) in [6.07, 6.45) is 1.39. The topological polar surface area (TPSA) is 78.8 Å². The largest absolute Gasteiger partial charge is 0.494 e. The van der Waals surface area contributed by atoms with Gasteiger partial charge in [-0.2, -0.15) is 4.68 Å². The fourth-order valence-corrected chi connectivity index (χ4v) is 1.64. The number of tetrazole rings is 1. The number of nitrogens with zero attached hydrogens (tertiary/aromatic N) is 4. The molecule has 2 aromatic rings. The minimum atomic E-state index is -0.369. The van der Waals surface area contributed by atoms with Crippen LogP contribution in [-0.2, 0) is 6.42 Å². The standard InChI is InChI=1S/C11H14FN5O/c1-18-10-5-4-8(12)7-9(10)17-11(3-2-6-13)14-15-16-17/h4-5,7H,2-3,6,13H2,1H3. The molecule has 2 N–H and O–H groups in total. The molecule has 0 fully saturated rings. The van der Waals surface area contributed by atoms with E-state index in [1.54, 1.807) is 6.07 Å². The second-order valence-corrected chi connectivity index (χ2v) is 3.72. The Morgan fingerprint density at radius 3 is 3.00 bits per heavy atom. The maximum Gasteiger partial charge on any atom is 0.156 e. The predicted octanol–water partition coefficient (Wildman–Crippen LogP) is 0.701. The number of aryl methyl sites for hydroxylation is 1. The van der Waals surface area contributed by atoms with Crippen LogP contribution in [0.4, 0.5) is 4.39 Å². The molecular formula is C11H14FN5O. The summed E-state index contributed by atoms with van der Waals surface area (Å²) in [4.78, 5) is 0. The Morgan fingerprint density at radius 1 is 1.44 bits per heavy atom. The van der Waals surface area contributed by atoms with Gasteiger partial charge < -0.3 is 10.5 Å². The number of nitrogens with two attached hydrogens (primary N) is 1. The highest BCUT2D eigenvalue weighted by Crippen LogP contribution is 2.23. The summed E-state index contributed by atoms with van der Waals surface area (Å²) >= 11 is 0. The van der Waals surface area contributed by atoms with Crippen LogP contribution in [0.3, 0.4) is 0 Å². The molecule has 0 amide bonds. The molecule has 0 bridgehead atoms. The van der Waals surface area contributed by atoms with Gasteiger partial charge in [0.1, 0.15) is 17.3 Å². The Morgan fingerprint density at radius 2 is 2.28 bits per heavy atom. The van der Waals surface area contributed by atoms with Crippen molar-refractivity contribution in [3.8, 4) is 11.4 Å². The maximum atomic E-state index is 13.3. The highest BCUT2D eigenvalue weighted by atomic mass is 19.1. The van der Waals surface area contributed by atoms with E-state index in [0.717, 1.165) is 6.42 Å². The van der Waals surface area contributed by atoms with Gasteiger partial charge in [0.15, 0.2) is 5.82 Å². The molecule has 96 valence electrons. The number of aromatic nitrogens is 4. The number of ether oxygens (including phenoxy) is 1. The molecule has 0 radical (unpaired) electrons. The van der Waals surface area contributed by atoms with Crippen molar-refractivity contribution in [1.82, 2.24) is 20.2 Å². The van der Waals surface area contributed by atoms with Gasteiger partial charge in [-0.3, -0.25) is 0 Å². The van der Waals surface area contributed by atoms with Crippen molar-refractivity contribution in [1.29, 1.82) is 0 Å². The molecule has 0 atom stereocenters. The Kier molecular flexibility index (Phi) is 3.83. The van der Waals surface area contributed by atoms with Gasteiger partial charge in [0.05, 0.1) is 7.11 Å². The van der Waals surface area contributed by atoms with E-state index in [0.29, 0.717) is 30.2 Å². The van der Waals surface area contributed by atoms with E-state index in [2.05, 4.69) is 15.5 Å². The van der Waals surface area contributed by atoms with Crippen molar-refractivity contribution < 1.29 is 9.13 Å². The SMILES string of the molecule is COc1ccc(F)cc1-n1nnnc1CCCN. The first-order valence-electron chi connectivity index (χ1n) is 5.57. The van der Waals surface area contributed by atoms with Crippen LogP contribution in [0.2, 0.25) is 0 Å². The van der Waals surface area contributed by atoms with Gasteiger partial charge in [-0.05, 0) is 35.5 Å². The van der Waals surface area contributed by atoms with Crippen molar-refractivity contribution in [3.05, 3.63) is 29.8 Å². The first kappa shape index (κ1) is 12.4. The molecule has 2 rings (SSSR count). The quantitative estimate of drug-likeness (QED) is 0.846. The van der Waals surface area contributed by atoms with Crippen LogP contribution in [0.25, 0.3) is 5.69 Å². The predicted molar refractivity (Wildman–Crippen MR) is 63.0 cm³/mol. The first-order valence-corrected chi connectivity index (χ1v) is 5.57. The summed E-state index contributed by atoms with van der Waals surface area (Å²) in [5, 5.41) is 11.4. The number of benzene rings is 1. The molecular weight excluding hydrogens is 237 g/mol. The van der Waals surface area contributed by atoms with Crippen LogP contribution in [0, 0.1) is 5.82 Å². The lowest BCUT2D eigenvalue weighted by atomic mass is 10.2. The van der Waals surface area contributed by atoms with Crippen LogP contribution >= 0.6 is 0 Å². The first-order chi connectivity index (χ1) is 8.76. The molecule has 1 aromatic heterocycles. The Labute approximate surface area is 104 Å². The Hall–Kier alpha value is -2.02. The summed E-state index contributed by atoms with van der Waals surface area (Å²) in [6, 6.07) is 4.20. The molecule has 0 spiro atoms. The number of methoxy groups -OCH3 is 1. The average Bonchev–Trinajstić information content (AvgIpc) is 2.84. The average molecular weight is 251 g/mol. The van der Waals surface area contributed by atoms with E-state index >= 15 is 0 Å². The normalized spacial score (nSPS) is 10.6. The molecule has 6 nitrogen and oxygen atoms in total. The van der Waals surface area contributed by atoms with Crippen molar-refractivity contribution >= 4 is 0 Å². The highest BCUT2D eigenvalue weighted by molar-refractivity contribution is 5.46. The van der Waals surface area contributed by atoms with E-state index in [1.165, 1.54) is 23.9 Å². The van der Waals surface area contributed by atoms with Crippen LogP contribution in [-0.4, -0.2) is 33.9 Å². The Bertz CT molecular complexity index is 528. The van der Waals surface area contributed by atoms with E-state index in [9.17, 15) is 4.39 Å². The van der Waals surface area contributed by atoms with Crippen LogP contribution in [0.15, 0.2) is 18.2 Å². The van der Waals surface area contributed by atoms with Crippen molar-refractivity contribution in [2.24, 2.45) is 5.73 Å². The van der Waals surface area contributed by atoms with Gasteiger partial charge in [0, 0.05) is 12.5 Å². The smallest absolute Gasteiger partial charge is 0.156 e. The minimum Gasteiger partial charge on any atom is -0.494 e. The van der Waals surface area contributed by atoms with E-state index < -0.39 is 0 Å². The van der Waals surface area contributed by atoms with Crippen molar-refractivity contribution in [2.45, 2.75) is 12.8 Å². The molecule has 0 saturated heterocycles. The Balaban J connectivity index is 2.41. The molecule has 7 heteroatoms. The summed E-state index contributed by atoms with van der Waals surface area (Å²) in [6.45, 7) is 0.549. The van der Waals surface area contributed by atoms with Gasteiger partial charge in [-0.15, -0.1) is 5.10 Å². The number of halogens is 1.